The van der Waals surface area contributed by atoms with Crippen LogP contribution in [0.25, 0.3) is 0 Å². The number of ether oxygens (including phenoxy) is 1. The average molecular weight is 326 g/mol. The van der Waals surface area contributed by atoms with Crippen LogP contribution >= 0.6 is 12.4 Å². The first-order chi connectivity index (χ1) is 9.46. The molecule has 1 N–H and O–H groups in total. The number of halogens is 4. The number of amides is 1. The van der Waals surface area contributed by atoms with E-state index in [1.807, 2.05) is 0 Å². The molecule has 2 rings (SSSR count). The van der Waals surface area contributed by atoms with E-state index in [-0.39, 0.29) is 29.8 Å². The highest BCUT2D eigenvalue weighted by Gasteiger charge is 2.29. The third kappa shape index (κ3) is 5.39. The molecule has 0 bridgehead atoms. The van der Waals surface area contributed by atoms with Crippen LogP contribution < -0.4 is 10.1 Å². The number of hydrogen-bond acceptors (Lipinski definition) is 4. The van der Waals surface area contributed by atoms with Crippen LogP contribution in [0.3, 0.4) is 0 Å². The Hall–Kier alpha value is -1.54. The van der Waals surface area contributed by atoms with Crippen LogP contribution in [0.5, 0.6) is 5.88 Å². The molecule has 1 aromatic rings. The SMILES string of the molecule is Cl.O=C(c1ccnc(OCC(F)(F)F)c1)N1CCNCC1. The van der Waals surface area contributed by atoms with E-state index in [1.165, 1.54) is 18.3 Å². The number of hydrogen-bond donors (Lipinski definition) is 1. The van der Waals surface area contributed by atoms with E-state index in [0.29, 0.717) is 26.2 Å². The fraction of sp³-hybridized carbons (Fsp3) is 0.500. The van der Waals surface area contributed by atoms with Gasteiger partial charge in [-0.25, -0.2) is 4.98 Å². The quantitative estimate of drug-likeness (QED) is 0.915. The summed E-state index contributed by atoms with van der Waals surface area (Å²) >= 11 is 0. The molecule has 1 aliphatic heterocycles. The molecule has 0 atom stereocenters. The third-order valence-corrected chi connectivity index (χ3v) is 2.77. The maximum Gasteiger partial charge on any atom is 0.422 e. The van der Waals surface area contributed by atoms with Crippen molar-refractivity contribution in [1.82, 2.24) is 15.2 Å². The van der Waals surface area contributed by atoms with E-state index in [0.717, 1.165) is 0 Å². The van der Waals surface area contributed by atoms with Gasteiger partial charge in [-0.15, -0.1) is 12.4 Å². The number of carbonyl (C=O) groups excluding carboxylic acids is 1. The molecule has 1 aliphatic rings. The van der Waals surface area contributed by atoms with Crippen molar-refractivity contribution in [1.29, 1.82) is 0 Å². The molecule has 0 unspecified atom stereocenters. The highest BCUT2D eigenvalue weighted by molar-refractivity contribution is 5.94. The molecule has 0 radical (unpaired) electrons. The van der Waals surface area contributed by atoms with Crippen molar-refractivity contribution >= 4 is 18.3 Å². The minimum absolute atomic E-state index is 0. The fourth-order valence-corrected chi connectivity index (χ4v) is 1.83. The molecule has 5 nitrogen and oxygen atoms in total. The first-order valence-electron chi connectivity index (χ1n) is 6.11. The van der Waals surface area contributed by atoms with Gasteiger partial charge in [0, 0.05) is 44.0 Å². The summed E-state index contributed by atoms with van der Waals surface area (Å²) < 4.78 is 40.7. The number of nitrogens with one attached hydrogen (secondary N) is 1. The van der Waals surface area contributed by atoms with Crippen molar-refractivity contribution in [2.45, 2.75) is 6.18 Å². The standard InChI is InChI=1S/C12H14F3N3O2.ClH/c13-12(14,15)8-20-10-7-9(1-2-17-10)11(19)18-5-3-16-4-6-18;/h1-2,7,16H,3-6,8H2;1H. The Morgan fingerprint density at radius 1 is 1.38 bits per heavy atom. The highest BCUT2D eigenvalue weighted by atomic mass is 35.5. The lowest BCUT2D eigenvalue weighted by atomic mass is 10.2. The summed E-state index contributed by atoms with van der Waals surface area (Å²) in [6, 6.07) is 2.70. The lowest BCUT2D eigenvalue weighted by Gasteiger charge is -2.27. The molecule has 118 valence electrons. The smallest absolute Gasteiger partial charge is 0.422 e. The minimum atomic E-state index is -4.43. The normalized spacial score (nSPS) is 15.3. The van der Waals surface area contributed by atoms with Gasteiger partial charge in [-0.3, -0.25) is 4.79 Å². The van der Waals surface area contributed by atoms with Gasteiger partial charge in [0.25, 0.3) is 5.91 Å². The van der Waals surface area contributed by atoms with Crippen molar-refractivity contribution in [3.8, 4) is 5.88 Å². The summed E-state index contributed by atoms with van der Waals surface area (Å²) in [4.78, 5) is 17.4. The van der Waals surface area contributed by atoms with Crippen LogP contribution in [0.15, 0.2) is 18.3 Å². The van der Waals surface area contributed by atoms with Crippen LogP contribution in [0, 0.1) is 0 Å². The van der Waals surface area contributed by atoms with E-state index in [4.69, 9.17) is 0 Å². The summed E-state index contributed by atoms with van der Waals surface area (Å²) in [6.07, 6.45) is -3.17. The first kappa shape index (κ1) is 17.5. The summed E-state index contributed by atoms with van der Waals surface area (Å²) in [6.45, 7) is 1.12. The molecule has 1 fully saturated rings. The average Bonchev–Trinajstić information content (AvgIpc) is 2.45. The van der Waals surface area contributed by atoms with Gasteiger partial charge in [0.15, 0.2) is 6.61 Å². The summed E-state index contributed by atoms with van der Waals surface area (Å²) in [7, 11) is 0. The number of nitrogens with zero attached hydrogens (tertiary/aromatic N) is 2. The van der Waals surface area contributed by atoms with Crippen LogP contribution in [-0.2, 0) is 0 Å². The number of pyridine rings is 1. The van der Waals surface area contributed by atoms with Crippen LogP contribution in [0.2, 0.25) is 0 Å². The van der Waals surface area contributed by atoms with Gasteiger partial charge in [-0.05, 0) is 6.07 Å². The predicted molar refractivity (Wildman–Crippen MR) is 71.8 cm³/mol. The zero-order chi connectivity index (χ0) is 14.6. The molecule has 1 aromatic heterocycles. The van der Waals surface area contributed by atoms with Gasteiger partial charge in [-0.1, -0.05) is 0 Å². The first-order valence-corrected chi connectivity index (χ1v) is 6.11. The molecule has 0 spiro atoms. The van der Waals surface area contributed by atoms with Crippen LogP contribution in [-0.4, -0.2) is 54.8 Å². The van der Waals surface area contributed by atoms with Crippen molar-refractivity contribution in [3.63, 3.8) is 0 Å². The Bertz CT molecular complexity index is 479. The molecule has 0 aromatic carbocycles. The van der Waals surface area contributed by atoms with Gasteiger partial charge in [-0.2, -0.15) is 13.2 Å². The van der Waals surface area contributed by atoms with E-state index >= 15 is 0 Å². The second kappa shape index (κ2) is 7.46. The Balaban J connectivity index is 0.00000220. The Kier molecular flexibility index (Phi) is 6.22. The molecule has 2 heterocycles. The van der Waals surface area contributed by atoms with Crippen molar-refractivity contribution in [3.05, 3.63) is 23.9 Å². The summed E-state index contributed by atoms with van der Waals surface area (Å²) in [5.41, 5.74) is 0.277. The monoisotopic (exact) mass is 325 g/mol. The lowest BCUT2D eigenvalue weighted by Crippen LogP contribution is -2.46. The number of alkyl halides is 3. The second-order valence-corrected chi connectivity index (χ2v) is 4.33. The van der Waals surface area contributed by atoms with Gasteiger partial charge >= 0.3 is 6.18 Å². The molecule has 1 amide bonds. The maximum atomic E-state index is 12.1. The zero-order valence-electron chi connectivity index (χ0n) is 11.0. The zero-order valence-corrected chi connectivity index (χ0v) is 11.8. The fourth-order valence-electron chi connectivity index (χ4n) is 1.83. The number of carbonyl (C=O) groups is 1. The molecule has 0 saturated carbocycles. The van der Waals surface area contributed by atoms with E-state index in [9.17, 15) is 18.0 Å². The predicted octanol–water partition coefficient (Wildman–Crippen LogP) is 1.49. The molecule has 21 heavy (non-hydrogen) atoms. The van der Waals surface area contributed by atoms with E-state index < -0.39 is 12.8 Å². The van der Waals surface area contributed by atoms with Gasteiger partial charge < -0.3 is 15.0 Å². The van der Waals surface area contributed by atoms with Crippen LogP contribution in [0.4, 0.5) is 13.2 Å². The molecule has 0 aliphatic carbocycles. The largest absolute Gasteiger partial charge is 0.468 e. The van der Waals surface area contributed by atoms with Gasteiger partial charge in [0.1, 0.15) is 0 Å². The number of rotatable bonds is 3. The Labute approximate surface area is 125 Å². The van der Waals surface area contributed by atoms with Crippen molar-refractivity contribution in [2.75, 3.05) is 32.8 Å². The number of piperazine rings is 1. The topological polar surface area (TPSA) is 54.5 Å². The Morgan fingerprint density at radius 2 is 2.05 bits per heavy atom. The van der Waals surface area contributed by atoms with Gasteiger partial charge in [0.2, 0.25) is 5.88 Å². The lowest BCUT2D eigenvalue weighted by molar-refractivity contribution is -0.154. The number of aromatic nitrogens is 1. The summed E-state index contributed by atoms with van der Waals surface area (Å²) in [5, 5.41) is 3.11. The van der Waals surface area contributed by atoms with Crippen LogP contribution in [0.1, 0.15) is 10.4 Å². The van der Waals surface area contributed by atoms with Crippen molar-refractivity contribution < 1.29 is 22.7 Å². The van der Waals surface area contributed by atoms with Crippen molar-refractivity contribution in [2.24, 2.45) is 0 Å². The molecule has 1 saturated heterocycles. The van der Waals surface area contributed by atoms with Gasteiger partial charge in [0.05, 0.1) is 0 Å². The van der Waals surface area contributed by atoms with E-state index in [2.05, 4.69) is 15.0 Å². The molecular formula is C12H15ClF3N3O2. The molecule has 9 heteroatoms. The second-order valence-electron chi connectivity index (χ2n) is 4.33. The van der Waals surface area contributed by atoms with E-state index in [1.54, 1.807) is 4.90 Å². The maximum absolute atomic E-state index is 12.1. The summed E-state index contributed by atoms with van der Waals surface area (Å²) in [5.74, 6) is -0.436. The third-order valence-electron chi connectivity index (χ3n) is 2.77. The Morgan fingerprint density at radius 3 is 2.67 bits per heavy atom. The minimum Gasteiger partial charge on any atom is -0.468 e. The molecular weight excluding hydrogens is 311 g/mol. The highest BCUT2D eigenvalue weighted by Crippen LogP contribution is 2.18.